The van der Waals surface area contributed by atoms with Gasteiger partial charge in [0.05, 0.1) is 23.3 Å². The molecule has 3 aromatic rings. The molecule has 1 atom stereocenters. The summed E-state index contributed by atoms with van der Waals surface area (Å²) in [6.45, 7) is 4.05. The summed E-state index contributed by atoms with van der Waals surface area (Å²) < 4.78 is 74.0. The predicted octanol–water partition coefficient (Wildman–Crippen LogP) is 4.85. The molecule has 220 valence electrons. The van der Waals surface area contributed by atoms with E-state index in [0.29, 0.717) is 21.7 Å². The van der Waals surface area contributed by atoms with E-state index in [1.807, 2.05) is 0 Å². The Labute approximate surface area is 237 Å². The number of ether oxygens (including phenoxy) is 1. The van der Waals surface area contributed by atoms with Crippen molar-refractivity contribution in [1.82, 2.24) is 10.2 Å². The molecule has 12 heteroatoms. The second-order valence-electron chi connectivity index (χ2n) is 9.59. The number of hydrogen-bond acceptors (Lipinski definition) is 5. The van der Waals surface area contributed by atoms with Crippen molar-refractivity contribution in [3.05, 3.63) is 90.0 Å². The van der Waals surface area contributed by atoms with Gasteiger partial charge in [-0.15, -0.1) is 0 Å². The zero-order chi connectivity index (χ0) is 30.4. The Balaban J connectivity index is 2.09. The Morgan fingerprint density at radius 3 is 2.20 bits per heavy atom. The third-order valence-corrected chi connectivity index (χ3v) is 7.94. The van der Waals surface area contributed by atoms with E-state index in [0.717, 1.165) is 12.1 Å². The number of alkyl halides is 3. The first-order valence-corrected chi connectivity index (χ1v) is 14.2. The summed E-state index contributed by atoms with van der Waals surface area (Å²) in [5.74, 6) is -0.768. The summed E-state index contributed by atoms with van der Waals surface area (Å²) in [7, 11) is -3.02. The molecule has 0 radical (unpaired) electrons. The first-order valence-electron chi connectivity index (χ1n) is 12.7. The predicted molar refractivity (Wildman–Crippen MR) is 149 cm³/mol. The molecule has 0 saturated heterocycles. The summed E-state index contributed by atoms with van der Waals surface area (Å²) in [4.78, 5) is 27.8. The van der Waals surface area contributed by atoms with E-state index in [9.17, 15) is 31.2 Å². The lowest BCUT2D eigenvalue weighted by Gasteiger charge is -2.32. The first-order chi connectivity index (χ1) is 19.2. The van der Waals surface area contributed by atoms with Gasteiger partial charge >= 0.3 is 6.18 Å². The Morgan fingerprint density at radius 1 is 0.927 bits per heavy atom. The Kier molecular flexibility index (Phi) is 10.0. The molecule has 0 bridgehead atoms. The highest BCUT2D eigenvalue weighted by atomic mass is 32.2. The van der Waals surface area contributed by atoms with E-state index < -0.39 is 46.2 Å². The van der Waals surface area contributed by atoms with Gasteiger partial charge < -0.3 is 15.0 Å². The molecule has 0 heterocycles. The van der Waals surface area contributed by atoms with Gasteiger partial charge in [0.1, 0.15) is 18.3 Å². The van der Waals surface area contributed by atoms with Crippen LogP contribution in [0.2, 0.25) is 0 Å². The van der Waals surface area contributed by atoms with E-state index >= 15 is 0 Å². The lowest BCUT2D eigenvalue weighted by molar-refractivity contribution is -0.139. The number of methoxy groups -OCH3 is 1. The number of anilines is 1. The minimum atomic E-state index is -4.75. The number of amides is 2. The normalized spacial score (nSPS) is 12.5. The van der Waals surface area contributed by atoms with Crippen molar-refractivity contribution in [3.8, 4) is 5.75 Å². The Hall–Kier alpha value is -4.06. The van der Waals surface area contributed by atoms with E-state index in [4.69, 9.17) is 4.74 Å². The van der Waals surface area contributed by atoms with Crippen LogP contribution in [0, 0.1) is 0 Å². The second kappa shape index (κ2) is 13.1. The summed E-state index contributed by atoms with van der Waals surface area (Å²) in [5, 5.41) is 2.74. The van der Waals surface area contributed by atoms with Crippen LogP contribution in [-0.2, 0) is 32.3 Å². The number of halogens is 3. The number of nitrogens with zero attached hydrogens (tertiary/aromatic N) is 2. The van der Waals surface area contributed by atoms with E-state index in [1.54, 1.807) is 44.2 Å². The maximum absolute atomic E-state index is 13.9. The van der Waals surface area contributed by atoms with E-state index in [1.165, 1.54) is 49.3 Å². The third-order valence-electron chi connectivity index (χ3n) is 6.16. The molecule has 0 aliphatic carbocycles. The van der Waals surface area contributed by atoms with Crippen LogP contribution in [-0.4, -0.2) is 50.9 Å². The fourth-order valence-corrected chi connectivity index (χ4v) is 5.47. The number of carbonyl (C=O) groups excluding carboxylic acids is 2. The highest BCUT2D eigenvalue weighted by Crippen LogP contribution is 2.33. The molecular weight excluding hydrogens is 559 g/mol. The first kappa shape index (κ1) is 31.5. The largest absolute Gasteiger partial charge is 0.497 e. The van der Waals surface area contributed by atoms with Gasteiger partial charge in [-0.3, -0.25) is 13.9 Å². The van der Waals surface area contributed by atoms with Gasteiger partial charge in [-0.25, -0.2) is 8.42 Å². The van der Waals surface area contributed by atoms with E-state index in [-0.39, 0.29) is 23.2 Å². The zero-order valence-electron chi connectivity index (χ0n) is 23.1. The zero-order valence-corrected chi connectivity index (χ0v) is 23.9. The number of rotatable bonds is 11. The van der Waals surface area contributed by atoms with Crippen LogP contribution < -0.4 is 14.4 Å². The average Bonchev–Trinajstić information content (AvgIpc) is 2.93. The monoisotopic (exact) mass is 591 g/mol. The molecule has 41 heavy (non-hydrogen) atoms. The lowest BCUT2D eigenvalue weighted by Crippen LogP contribution is -2.52. The highest BCUT2D eigenvalue weighted by Gasteiger charge is 2.35. The van der Waals surface area contributed by atoms with Crippen LogP contribution in [0.4, 0.5) is 18.9 Å². The number of nitrogens with one attached hydrogen (secondary N) is 1. The van der Waals surface area contributed by atoms with Crippen LogP contribution in [0.15, 0.2) is 83.8 Å². The Morgan fingerprint density at radius 2 is 1.59 bits per heavy atom. The third kappa shape index (κ3) is 8.00. The molecule has 0 aromatic heterocycles. The summed E-state index contributed by atoms with van der Waals surface area (Å²) in [6.07, 6.45) is -4.75. The molecule has 1 N–H and O–H groups in total. The van der Waals surface area contributed by atoms with Crippen LogP contribution >= 0.6 is 0 Å². The summed E-state index contributed by atoms with van der Waals surface area (Å²) in [6, 6.07) is 16.3. The van der Waals surface area contributed by atoms with Gasteiger partial charge in [-0.05, 0) is 68.8 Å². The molecule has 3 rings (SSSR count). The van der Waals surface area contributed by atoms with Crippen molar-refractivity contribution in [2.75, 3.05) is 18.0 Å². The van der Waals surface area contributed by atoms with Crippen LogP contribution in [0.25, 0.3) is 0 Å². The van der Waals surface area contributed by atoms with Crippen LogP contribution in [0.3, 0.4) is 0 Å². The number of carbonyl (C=O) groups is 2. The number of benzene rings is 3. The van der Waals surface area contributed by atoms with E-state index in [2.05, 4.69) is 5.32 Å². The molecule has 0 fully saturated rings. The molecular formula is C29H32F3N3O5S. The van der Waals surface area contributed by atoms with Crippen molar-refractivity contribution in [2.24, 2.45) is 0 Å². The molecule has 0 saturated carbocycles. The molecule has 0 unspecified atom stereocenters. The number of hydrogen-bond donors (Lipinski definition) is 1. The van der Waals surface area contributed by atoms with Crippen LogP contribution in [0.5, 0.6) is 5.75 Å². The summed E-state index contributed by atoms with van der Waals surface area (Å²) >= 11 is 0. The second-order valence-corrected chi connectivity index (χ2v) is 11.4. The topological polar surface area (TPSA) is 96.0 Å². The van der Waals surface area contributed by atoms with Gasteiger partial charge in [-0.1, -0.05) is 36.4 Å². The van der Waals surface area contributed by atoms with Crippen molar-refractivity contribution in [2.45, 2.75) is 50.5 Å². The minimum absolute atomic E-state index is 0.0927. The molecule has 2 amide bonds. The molecule has 0 aliphatic heterocycles. The molecule has 0 aliphatic rings. The standard InChI is InChI=1S/C29H32F3N3O5S/c1-20(2)33-28(37)21(3)34(18-22-10-8-13-25(16-22)40-4)27(36)19-35(41(38,39)26-14-6-5-7-15-26)24-12-9-11-23(17-24)29(30,31)32/h5-17,20-21H,18-19H2,1-4H3,(H,33,37)/t21-/m1/s1. The highest BCUT2D eigenvalue weighted by molar-refractivity contribution is 7.92. The number of sulfonamides is 1. The SMILES string of the molecule is COc1cccc(CN(C(=O)CN(c2cccc(C(F)(F)F)c2)S(=O)(=O)c2ccccc2)[C@H](C)C(=O)NC(C)C)c1. The average molecular weight is 592 g/mol. The maximum atomic E-state index is 13.9. The van der Waals surface area contributed by atoms with Crippen molar-refractivity contribution < 1.29 is 35.9 Å². The van der Waals surface area contributed by atoms with Gasteiger partial charge in [0.2, 0.25) is 11.8 Å². The van der Waals surface area contributed by atoms with Crippen molar-refractivity contribution >= 4 is 27.5 Å². The minimum Gasteiger partial charge on any atom is -0.497 e. The van der Waals surface area contributed by atoms with Gasteiger partial charge in [0, 0.05) is 12.6 Å². The fraction of sp³-hybridized carbons (Fsp3) is 0.310. The van der Waals surface area contributed by atoms with Crippen molar-refractivity contribution in [1.29, 1.82) is 0 Å². The lowest BCUT2D eigenvalue weighted by atomic mass is 10.1. The molecule has 3 aromatic carbocycles. The van der Waals surface area contributed by atoms with Crippen molar-refractivity contribution in [3.63, 3.8) is 0 Å². The van der Waals surface area contributed by atoms with Gasteiger partial charge in [-0.2, -0.15) is 13.2 Å². The smallest absolute Gasteiger partial charge is 0.416 e. The molecule has 0 spiro atoms. The van der Waals surface area contributed by atoms with Crippen LogP contribution in [0.1, 0.15) is 31.9 Å². The fourth-order valence-electron chi connectivity index (χ4n) is 4.04. The maximum Gasteiger partial charge on any atom is 0.416 e. The quantitative estimate of drug-likeness (QED) is 0.344. The summed E-state index contributed by atoms with van der Waals surface area (Å²) in [5.41, 5.74) is -0.829. The molecule has 8 nitrogen and oxygen atoms in total. The Bertz CT molecular complexity index is 1460. The van der Waals surface area contributed by atoms with Gasteiger partial charge in [0.15, 0.2) is 0 Å². The van der Waals surface area contributed by atoms with Gasteiger partial charge in [0.25, 0.3) is 10.0 Å².